The number of carbonyl (C=O) groups is 1. The highest BCUT2D eigenvalue weighted by atomic mass is 16.2. The van der Waals surface area contributed by atoms with Crippen molar-refractivity contribution in [3.63, 3.8) is 0 Å². The fourth-order valence-electron chi connectivity index (χ4n) is 2.35. The zero-order valence-electron chi connectivity index (χ0n) is 11.5. The number of carbonyl (C=O) groups excluding carboxylic acids is 1. The van der Waals surface area contributed by atoms with Crippen LogP contribution in [-0.2, 0) is 11.2 Å². The summed E-state index contributed by atoms with van der Waals surface area (Å²) in [5, 5.41) is 1.14. The molecule has 0 bridgehead atoms. The number of rotatable bonds is 5. The Kier molecular flexibility index (Phi) is 4.22. The maximum atomic E-state index is 12.1. The van der Waals surface area contributed by atoms with E-state index in [1.54, 1.807) is 11.9 Å². The molecule has 1 amide bonds. The summed E-state index contributed by atoms with van der Waals surface area (Å²) in [5.41, 5.74) is 8.21. The van der Waals surface area contributed by atoms with Gasteiger partial charge in [0.2, 0.25) is 5.91 Å². The molecule has 1 heterocycles. The van der Waals surface area contributed by atoms with Gasteiger partial charge in [0.15, 0.2) is 0 Å². The fourth-order valence-corrected chi connectivity index (χ4v) is 2.35. The fraction of sp³-hybridized carbons (Fsp3) is 0.400. The van der Waals surface area contributed by atoms with Crippen LogP contribution in [0.4, 0.5) is 0 Å². The van der Waals surface area contributed by atoms with Gasteiger partial charge in [0.1, 0.15) is 0 Å². The highest BCUT2D eigenvalue weighted by Crippen LogP contribution is 2.19. The summed E-state index contributed by atoms with van der Waals surface area (Å²) < 4.78 is 0. The molecule has 0 saturated heterocycles. The number of likely N-dealkylation sites (N-methyl/N-ethyl adjacent to an activating group) is 1. The molecule has 0 fully saturated rings. The first kappa shape index (κ1) is 13.6. The van der Waals surface area contributed by atoms with Gasteiger partial charge in [0, 0.05) is 30.7 Å². The van der Waals surface area contributed by atoms with Gasteiger partial charge < -0.3 is 15.6 Å². The SMILES string of the molecule is CCCN(C)C(=O)[C@H](N)Cc1c[nH]c2ccccc12. The molecule has 3 N–H and O–H groups in total. The molecule has 102 valence electrons. The Morgan fingerprint density at radius 2 is 2.16 bits per heavy atom. The number of aromatic nitrogens is 1. The number of nitrogens with one attached hydrogen (secondary N) is 1. The van der Waals surface area contributed by atoms with Gasteiger partial charge in [-0.25, -0.2) is 0 Å². The second kappa shape index (κ2) is 5.89. The van der Waals surface area contributed by atoms with Crippen LogP contribution in [0.5, 0.6) is 0 Å². The Morgan fingerprint density at radius 1 is 1.42 bits per heavy atom. The topological polar surface area (TPSA) is 62.1 Å². The van der Waals surface area contributed by atoms with Crippen molar-refractivity contribution in [3.05, 3.63) is 36.0 Å². The lowest BCUT2D eigenvalue weighted by molar-refractivity contribution is -0.131. The summed E-state index contributed by atoms with van der Waals surface area (Å²) in [4.78, 5) is 17.0. The van der Waals surface area contributed by atoms with Gasteiger partial charge in [-0.1, -0.05) is 25.1 Å². The smallest absolute Gasteiger partial charge is 0.239 e. The lowest BCUT2D eigenvalue weighted by atomic mass is 10.0. The summed E-state index contributed by atoms with van der Waals surface area (Å²) in [6, 6.07) is 7.58. The Hall–Kier alpha value is -1.81. The highest BCUT2D eigenvalue weighted by Gasteiger charge is 2.19. The van der Waals surface area contributed by atoms with E-state index in [2.05, 4.69) is 11.9 Å². The second-order valence-electron chi connectivity index (χ2n) is 4.93. The third kappa shape index (κ3) is 2.96. The van der Waals surface area contributed by atoms with Crippen LogP contribution in [0.1, 0.15) is 18.9 Å². The van der Waals surface area contributed by atoms with E-state index in [9.17, 15) is 4.79 Å². The average molecular weight is 259 g/mol. The first-order valence-corrected chi connectivity index (χ1v) is 6.69. The highest BCUT2D eigenvalue weighted by molar-refractivity contribution is 5.86. The van der Waals surface area contributed by atoms with E-state index in [-0.39, 0.29) is 5.91 Å². The van der Waals surface area contributed by atoms with Crippen molar-refractivity contribution in [2.45, 2.75) is 25.8 Å². The van der Waals surface area contributed by atoms with E-state index < -0.39 is 6.04 Å². The number of nitrogens with zero attached hydrogens (tertiary/aromatic N) is 1. The van der Waals surface area contributed by atoms with Crippen molar-refractivity contribution < 1.29 is 4.79 Å². The molecule has 2 aromatic rings. The minimum atomic E-state index is -0.476. The Morgan fingerprint density at radius 3 is 2.89 bits per heavy atom. The van der Waals surface area contributed by atoms with Crippen LogP contribution >= 0.6 is 0 Å². The summed E-state index contributed by atoms with van der Waals surface area (Å²) in [5.74, 6) is 0.00660. The Balaban J connectivity index is 2.10. The molecule has 0 unspecified atom stereocenters. The van der Waals surface area contributed by atoms with Gasteiger partial charge in [-0.05, 0) is 24.5 Å². The molecule has 0 aliphatic carbocycles. The molecule has 0 radical (unpaired) electrons. The molecular formula is C15H21N3O. The van der Waals surface area contributed by atoms with Crippen LogP contribution in [-0.4, -0.2) is 35.4 Å². The summed E-state index contributed by atoms with van der Waals surface area (Å²) >= 11 is 0. The lowest BCUT2D eigenvalue weighted by Gasteiger charge is -2.20. The van der Waals surface area contributed by atoms with Gasteiger partial charge in [-0.2, -0.15) is 0 Å². The average Bonchev–Trinajstić information content (AvgIpc) is 2.81. The molecule has 0 saturated carbocycles. The molecule has 0 aliphatic heterocycles. The zero-order valence-corrected chi connectivity index (χ0v) is 11.5. The number of aromatic amines is 1. The number of para-hydroxylation sites is 1. The standard InChI is InChI=1S/C15H21N3O/c1-3-8-18(2)15(19)13(16)9-11-10-17-14-7-5-4-6-12(11)14/h4-7,10,13,17H,3,8-9,16H2,1-2H3/t13-/m1/s1. The predicted octanol–water partition coefficient (Wildman–Crippen LogP) is 1.91. The van der Waals surface area contributed by atoms with Crippen molar-refractivity contribution in [2.24, 2.45) is 5.73 Å². The van der Waals surface area contributed by atoms with Gasteiger partial charge in [0.25, 0.3) is 0 Å². The van der Waals surface area contributed by atoms with Gasteiger partial charge in [-0.15, -0.1) is 0 Å². The van der Waals surface area contributed by atoms with Crippen LogP contribution < -0.4 is 5.73 Å². The summed E-state index contributed by atoms with van der Waals surface area (Å²) in [6.45, 7) is 2.80. The number of nitrogens with two attached hydrogens (primary N) is 1. The number of hydrogen-bond acceptors (Lipinski definition) is 2. The van der Waals surface area contributed by atoms with Crippen LogP contribution in [0.2, 0.25) is 0 Å². The normalized spacial score (nSPS) is 12.6. The largest absolute Gasteiger partial charge is 0.361 e. The molecule has 0 aliphatic rings. The van der Waals surface area contributed by atoms with Crippen molar-refractivity contribution in [1.82, 2.24) is 9.88 Å². The number of fused-ring (bicyclic) bond motifs is 1. The first-order valence-electron chi connectivity index (χ1n) is 6.69. The number of H-pyrrole nitrogens is 1. The van der Waals surface area contributed by atoms with Crippen LogP contribution in [0, 0.1) is 0 Å². The van der Waals surface area contributed by atoms with Crippen molar-refractivity contribution >= 4 is 16.8 Å². The number of amides is 1. The molecule has 1 aromatic carbocycles. The first-order chi connectivity index (χ1) is 9.13. The number of hydrogen-bond donors (Lipinski definition) is 2. The van der Waals surface area contributed by atoms with E-state index in [4.69, 9.17) is 5.73 Å². The molecule has 4 nitrogen and oxygen atoms in total. The molecular weight excluding hydrogens is 238 g/mol. The molecule has 1 aromatic heterocycles. The van der Waals surface area contributed by atoms with E-state index in [1.165, 1.54) is 0 Å². The van der Waals surface area contributed by atoms with Crippen LogP contribution in [0.25, 0.3) is 10.9 Å². The minimum Gasteiger partial charge on any atom is -0.361 e. The predicted molar refractivity (Wildman–Crippen MR) is 77.9 cm³/mol. The minimum absolute atomic E-state index is 0.00660. The summed E-state index contributed by atoms with van der Waals surface area (Å²) in [6.07, 6.45) is 3.45. The van der Waals surface area contributed by atoms with Gasteiger partial charge in [-0.3, -0.25) is 4.79 Å². The molecule has 0 spiro atoms. The molecule has 1 atom stereocenters. The Bertz CT molecular complexity index is 561. The molecule has 4 heteroatoms. The number of benzene rings is 1. The van der Waals surface area contributed by atoms with Crippen LogP contribution in [0.3, 0.4) is 0 Å². The van der Waals surface area contributed by atoms with E-state index in [0.29, 0.717) is 6.42 Å². The maximum Gasteiger partial charge on any atom is 0.239 e. The van der Waals surface area contributed by atoms with E-state index in [1.807, 2.05) is 30.5 Å². The monoisotopic (exact) mass is 259 g/mol. The second-order valence-corrected chi connectivity index (χ2v) is 4.93. The van der Waals surface area contributed by atoms with Crippen molar-refractivity contribution in [2.75, 3.05) is 13.6 Å². The summed E-state index contributed by atoms with van der Waals surface area (Å²) in [7, 11) is 1.81. The molecule has 19 heavy (non-hydrogen) atoms. The van der Waals surface area contributed by atoms with Crippen LogP contribution in [0.15, 0.2) is 30.5 Å². The van der Waals surface area contributed by atoms with Crippen molar-refractivity contribution in [1.29, 1.82) is 0 Å². The van der Waals surface area contributed by atoms with E-state index in [0.717, 1.165) is 29.4 Å². The lowest BCUT2D eigenvalue weighted by Crippen LogP contribution is -2.43. The zero-order chi connectivity index (χ0) is 13.8. The van der Waals surface area contributed by atoms with Crippen molar-refractivity contribution in [3.8, 4) is 0 Å². The molecule has 2 rings (SSSR count). The van der Waals surface area contributed by atoms with E-state index >= 15 is 0 Å². The third-order valence-corrected chi connectivity index (χ3v) is 3.37. The third-order valence-electron chi connectivity index (χ3n) is 3.37. The van der Waals surface area contributed by atoms with Gasteiger partial charge in [0.05, 0.1) is 6.04 Å². The van der Waals surface area contributed by atoms with Gasteiger partial charge >= 0.3 is 0 Å². The Labute approximate surface area is 113 Å². The quantitative estimate of drug-likeness (QED) is 0.861. The maximum absolute atomic E-state index is 12.1.